The normalized spacial score (nSPS) is 16.3. The Balaban J connectivity index is 0.000000139. The van der Waals surface area contributed by atoms with Crippen LogP contribution in [0.4, 0.5) is 29.2 Å². The van der Waals surface area contributed by atoms with E-state index in [-0.39, 0.29) is 35.9 Å². The van der Waals surface area contributed by atoms with Gasteiger partial charge in [-0.15, -0.1) is 34.0 Å². The molecule has 0 radical (unpaired) electrons. The number of aliphatic hydroxyl groups is 3. The maximum atomic E-state index is 9.79. The summed E-state index contributed by atoms with van der Waals surface area (Å²) in [6.45, 7) is 7.61. The molecule has 3 saturated heterocycles. The third kappa shape index (κ3) is 15.0. The third-order valence-corrected chi connectivity index (χ3v) is 17.5. The van der Waals surface area contributed by atoms with E-state index in [9.17, 15) is 10.2 Å². The number of aryl methyl sites for hydroxylation is 1. The molecule has 13 rings (SSSR count). The standard InChI is InChI=1S/C23H26N6O2S.C12H15N3O3.C11H12ClN3OS.C6H2Cl2N2S.C5H11NO/c1-14-9-17(10-19(31-3)15(14)2)28-11-20(24-13-28)25-23-26-21(18-6-8-32-22(18)27-23)29-7-4-5-16(29)12-30;1-16-9-4-8(15-6-11(13)14-7-15)5-10(17-2)12(9)18-3;12-11-13-9(8-3-5-17-10(8)14-11)15-4-1-2-7(15)6-16;7-4-3-1-2-11-5(3)10-6(8)9-4;7-4-5-2-1-3-6-5/h6,8-11,13,16,30H,4-5,7,12H2,1-3H3,(H,25,26,27);4-7H,13H2,1-3H3;3,5,7,16H,1-2,4,6H2;1-2H;5-7H,1-4H2/t16-;;7-;;5-/m1.1.1/s1. The quantitative estimate of drug-likeness (QED) is 0.0463. The molecule has 3 aliphatic rings. The summed E-state index contributed by atoms with van der Waals surface area (Å²) in [5, 5.41) is 43.8. The molecule has 3 aliphatic heterocycles. The number of anilines is 5. The summed E-state index contributed by atoms with van der Waals surface area (Å²) in [4.78, 5) is 41.3. The van der Waals surface area contributed by atoms with Gasteiger partial charge in [-0.2, -0.15) is 9.97 Å². The zero-order chi connectivity index (χ0) is 60.1. The van der Waals surface area contributed by atoms with Crippen LogP contribution in [0, 0.1) is 13.8 Å². The second kappa shape index (κ2) is 29.5. The van der Waals surface area contributed by atoms with Gasteiger partial charge in [0.1, 0.15) is 55.5 Å². The highest BCUT2D eigenvalue weighted by Crippen LogP contribution is 2.40. The van der Waals surface area contributed by atoms with Crippen molar-refractivity contribution in [3.63, 3.8) is 0 Å². The van der Waals surface area contributed by atoms with E-state index in [0.717, 1.165) is 122 Å². The minimum Gasteiger partial charge on any atom is -0.496 e. The Morgan fingerprint density at radius 2 is 1.16 bits per heavy atom. The molecule has 0 bridgehead atoms. The molecule has 3 atom stereocenters. The first-order valence-electron chi connectivity index (χ1n) is 27.1. The Hall–Kier alpha value is -6.91. The van der Waals surface area contributed by atoms with Crippen LogP contribution in [0.15, 0.2) is 83.7 Å². The largest absolute Gasteiger partial charge is 0.496 e. The van der Waals surface area contributed by atoms with Crippen LogP contribution >= 0.6 is 68.8 Å². The molecule has 0 aliphatic carbocycles. The van der Waals surface area contributed by atoms with Crippen molar-refractivity contribution >= 4 is 129 Å². The summed E-state index contributed by atoms with van der Waals surface area (Å²) in [6.07, 6.45) is 13.5. The number of nitrogens with one attached hydrogen (secondary N) is 2. The molecule has 3 fully saturated rings. The van der Waals surface area contributed by atoms with E-state index >= 15 is 0 Å². The molecule has 10 aromatic rings. The fourth-order valence-electron chi connectivity index (χ4n) is 9.97. The minimum atomic E-state index is 0.0971. The summed E-state index contributed by atoms with van der Waals surface area (Å²) >= 11 is 21.9. The van der Waals surface area contributed by atoms with Crippen molar-refractivity contribution in [2.24, 2.45) is 0 Å². The topological polar surface area (TPSA) is 267 Å². The van der Waals surface area contributed by atoms with E-state index in [1.54, 1.807) is 74.5 Å². The fourth-order valence-corrected chi connectivity index (χ4v) is 13.0. The van der Waals surface area contributed by atoms with Gasteiger partial charge in [0, 0.05) is 42.7 Å². The average Bonchev–Trinajstić information content (AvgIpc) is 4.32. The van der Waals surface area contributed by atoms with Gasteiger partial charge in [0.05, 0.1) is 94.9 Å². The average molecular weight is 1280 g/mol. The van der Waals surface area contributed by atoms with Crippen LogP contribution in [-0.2, 0) is 0 Å². The Bertz CT molecular complexity index is 3790. The highest BCUT2D eigenvalue weighted by Gasteiger charge is 2.29. The smallest absolute Gasteiger partial charge is 0.231 e. The Kier molecular flexibility index (Phi) is 21.7. The molecule has 0 unspecified atom stereocenters. The summed E-state index contributed by atoms with van der Waals surface area (Å²) < 4.78 is 25.0. The van der Waals surface area contributed by atoms with Crippen molar-refractivity contribution in [1.29, 1.82) is 0 Å². The first-order valence-corrected chi connectivity index (χ1v) is 30.9. The molecule has 2 aromatic carbocycles. The van der Waals surface area contributed by atoms with Crippen molar-refractivity contribution in [3.05, 3.63) is 111 Å². The number of halogens is 3. The van der Waals surface area contributed by atoms with Crippen molar-refractivity contribution in [2.45, 2.75) is 70.5 Å². The molecule has 0 saturated carbocycles. The third-order valence-electron chi connectivity index (χ3n) is 14.4. The summed E-state index contributed by atoms with van der Waals surface area (Å²) in [6, 6.07) is 14.3. The van der Waals surface area contributed by atoms with Crippen LogP contribution in [0.1, 0.15) is 49.7 Å². The minimum absolute atomic E-state index is 0.0971. The number of nitrogens with zero attached hydrogens (tertiary/aromatic N) is 12. The highest BCUT2D eigenvalue weighted by atomic mass is 35.5. The summed E-state index contributed by atoms with van der Waals surface area (Å²) in [7, 11) is 6.39. The van der Waals surface area contributed by atoms with Crippen molar-refractivity contribution in [3.8, 4) is 34.4 Å². The fraction of sp³-hybridized carbons (Fsp3) is 0.368. The monoisotopic (exact) mass is 1270 g/mol. The number of benzene rings is 2. The predicted octanol–water partition coefficient (Wildman–Crippen LogP) is 10.7. The Morgan fingerprint density at radius 1 is 0.624 bits per heavy atom. The van der Waals surface area contributed by atoms with E-state index in [1.165, 1.54) is 17.8 Å². The molecule has 450 valence electrons. The molecule has 0 amide bonds. The number of nitrogen functional groups attached to an aromatic ring is 1. The van der Waals surface area contributed by atoms with Gasteiger partial charge in [0.15, 0.2) is 17.3 Å². The van der Waals surface area contributed by atoms with Crippen molar-refractivity contribution in [1.82, 2.24) is 54.3 Å². The second-order valence-corrected chi connectivity index (χ2v) is 23.4. The van der Waals surface area contributed by atoms with E-state index in [4.69, 9.17) is 69.6 Å². The van der Waals surface area contributed by atoms with Crippen molar-refractivity contribution in [2.75, 3.05) is 88.7 Å². The number of rotatable bonds is 13. The molecule has 8 aromatic heterocycles. The zero-order valence-corrected chi connectivity index (χ0v) is 52.3. The van der Waals surface area contributed by atoms with Crippen molar-refractivity contribution < 1.29 is 34.3 Å². The summed E-state index contributed by atoms with van der Waals surface area (Å²) in [5.41, 5.74) is 9.68. The van der Waals surface area contributed by atoms with Crippen LogP contribution in [0.2, 0.25) is 15.7 Å². The molecule has 11 heterocycles. The van der Waals surface area contributed by atoms with E-state index in [0.29, 0.717) is 52.6 Å². The molecule has 28 heteroatoms. The molecule has 7 N–H and O–H groups in total. The van der Waals surface area contributed by atoms with Crippen LogP contribution in [0.3, 0.4) is 0 Å². The van der Waals surface area contributed by atoms with Gasteiger partial charge < -0.3 is 69.6 Å². The van der Waals surface area contributed by atoms with E-state index < -0.39 is 0 Å². The lowest BCUT2D eigenvalue weighted by Gasteiger charge is -2.25. The van der Waals surface area contributed by atoms with Gasteiger partial charge in [-0.3, -0.25) is 0 Å². The predicted molar refractivity (Wildman–Crippen MR) is 341 cm³/mol. The molecule has 85 heavy (non-hydrogen) atoms. The Morgan fingerprint density at radius 3 is 1.71 bits per heavy atom. The molecule has 0 spiro atoms. The highest BCUT2D eigenvalue weighted by molar-refractivity contribution is 7.17. The van der Waals surface area contributed by atoms with E-state index in [2.05, 4.69) is 75.2 Å². The lowest BCUT2D eigenvalue weighted by Crippen LogP contribution is -2.33. The number of imidazole rings is 2. The first kappa shape index (κ1) is 62.6. The number of aliphatic hydroxyl groups excluding tert-OH is 3. The Labute approximate surface area is 518 Å². The molecule has 22 nitrogen and oxygen atoms in total. The lowest BCUT2D eigenvalue weighted by atomic mass is 10.1. The second-order valence-electron chi connectivity index (χ2n) is 19.7. The SMILES string of the molecule is COc1cc(-n2cnc(N)c2)cc(OC)c1OC.COc1cc(-n2cnc(Nc3nc(N4CCC[C@@H]4CO)c4ccsc4n3)c2)cc(C)c1C.Clc1nc(Cl)c2ccsc2n1.OC[C@H]1CCCN1.OC[C@H]1CCCN1c1nc(Cl)nc2sccc12. The number of ether oxygens (including phenoxy) is 4. The van der Waals surface area contributed by atoms with Crippen LogP contribution in [0.5, 0.6) is 23.0 Å². The number of aromatic nitrogens is 10. The van der Waals surface area contributed by atoms with Gasteiger partial charge >= 0.3 is 0 Å². The van der Waals surface area contributed by atoms with Crippen LogP contribution < -0.4 is 45.1 Å². The van der Waals surface area contributed by atoms with Gasteiger partial charge in [-0.25, -0.2) is 29.9 Å². The van der Waals surface area contributed by atoms with E-state index in [1.807, 2.05) is 63.3 Å². The lowest BCUT2D eigenvalue weighted by molar-refractivity contribution is 0.255. The van der Waals surface area contributed by atoms with Gasteiger partial charge in [0.2, 0.25) is 22.3 Å². The number of thiophene rings is 3. The maximum Gasteiger partial charge on any atom is 0.231 e. The number of hydrogen-bond donors (Lipinski definition) is 6. The number of nitrogens with two attached hydrogens (primary N) is 1. The van der Waals surface area contributed by atoms with Gasteiger partial charge in [0.25, 0.3) is 0 Å². The molecular formula is C57H66Cl3N15O7S3. The van der Waals surface area contributed by atoms with Crippen LogP contribution in [-0.4, -0.2) is 150 Å². The zero-order valence-electron chi connectivity index (χ0n) is 47.6. The number of fused-ring (bicyclic) bond motifs is 3. The van der Waals surface area contributed by atoms with Gasteiger partial charge in [-0.1, -0.05) is 11.6 Å². The summed E-state index contributed by atoms with van der Waals surface area (Å²) in [5.74, 6) is 5.90. The van der Waals surface area contributed by atoms with Gasteiger partial charge in [-0.05, 0) is 134 Å². The maximum absolute atomic E-state index is 9.79. The molecular weight excluding hydrogens is 1210 g/mol. The first-order chi connectivity index (χ1) is 41.3. The number of methoxy groups -OCH3 is 4. The number of hydrogen-bond acceptors (Lipinski definition) is 23. The van der Waals surface area contributed by atoms with Crippen LogP contribution in [0.25, 0.3) is 42.0 Å².